The summed E-state index contributed by atoms with van der Waals surface area (Å²) in [4.78, 5) is 86.3. The lowest BCUT2D eigenvalue weighted by molar-refractivity contribution is -0.271. The predicted molar refractivity (Wildman–Crippen MR) is 258 cm³/mol. The number of carboxylic acid groups (broad SMARTS) is 1. The number of aryl methyl sites for hydroxylation is 1. The molecule has 29 nitrogen and oxygen atoms in total. The molecule has 76 heavy (non-hydrogen) atoms. The van der Waals surface area contributed by atoms with Crippen molar-refractivity contribution >= 4 is 47.1 Å². The lowest BCUT2D eigenvalue weighted by Gasteiger charge is -2.38. The van der Waals surface area contributed by atoms with E-state index in [-0.39, 0.29) is 117 Å². The van der Waals surface area contributed by atoms with Gasteiger partial charge in [0.1, 0.15) is 43.0 Å². The second kappa shape index (κ2) is 25.2. The number of nitrogens with two attached hydrogens (primary N) is 1. The molecule has 2 aromatic carbocycles. The molecule has 0 spiro atoms. The summed E-state index contributed by atoms with van der Waals surface area (Å²) in [6, 6.07) is 7.02. The van der Waals surface area contributed by atoms with Crippen molar-refractivity contribution < 1.29 is 92.7 Å². The van der Waals surface area contributed by atoms with Gasteiger partial charge in [0, 0.05) is 45.6 Å². The Labute approximate surface area is 432 Å². The molecule has 2 aromatic heterocycles. The van der Waals surface area contributed by atoms with Crippen LogP contribution in [0.2, 0.25) is 0 Å². The zero-order chi connectivity index (χ0) is 54.8. The maximum Gasteiger partial charge on any atom is 0.416 e. The van der Waals surface area contributed by atoms with Crippen molar-refractivity contribution in [1.29, 1.82) is 0 Å². The second-order valence-corrected chi connectivity index (χ2v) is 17.5. The van der Waals surface area contributed by atoms with Gasteiger partial charge in [0.15, 0.2) is 29.5 Å². The summed E-state index contributed by atoms with van der Waals surface area (Å²) in [7, 11) is 2.97. The van der Waals surface area contributed by atoms with Crippen LogP contribution in [0.5, 0.6) is 17.2 Å². The van der Waals surface area contributed by atoms with E-state index < -0.39 is 85.3 Å². The van der Waals surface area contributed by atoms with Crippen molar-refractivity contribution in [3.8, 4) is 17.2 Å². The van der Waals surface area contributed by atoms with E-state index in [1.165, 1.54) is 63.9 Å². The maximum absolute atomic E-state index is 14.4. The number of carbonyl (C=O) groups is 6. The Morgan fingerprint density at radius 3 is 2.42 bits per heavy atom. The molecule has 3 aliphatic heterocycles. The van der Waals surface area contributed by atoms with Gasteiger partial charge in [0.2, 0.25) is 6.29 Å². The largest absolute Gasteiger partial charge is 0.493 e. The van der Waals surface area contributed by atoms with E-state index in [4.69, 9.17) is 39.4 Å². The lowest BCUT2D eigenvalue weighted by Crippen LogP contribution is -2.61. The van der Waals surface area contributed by atoms with Gasteiger partial charge in [-0.15, -0.1) is 5.10 Å². The van der Waals surface area contributed by atoms with E-state index in [0.29, 0.717) is 17.7 Å². The number of methoxy groups -OCH3 is 1. The first kappa shape index (κ1) is 56.0. The number of nitrogens with one attached hydrogen (secondary N) is 3. The molecule has 0 bridgehead atoms. The first-order valence-electron chi connectivity index (χ1n) is 23.6. The fraction of sp³-hybridized carbons (Fsp3) is 0.447. The minimum absolute atomic E-state index is 0.0167. The highest BCUT2D eigenvalue weighted by Crippen LogP contribution is 2.42. The maximum atomic E-state index is 14.4. The van der Waals surface area contributed by atoms with Crippen LogP contribution in [0.3, 0.4) is 0 Å². The number of carboxylic acids is 1. The van der Waals surface area contributed by atoms with Crippen molar-refractivity contribution in [1.82, 2.24) is 35.1 Å². The molecule has 1 unspecified atom stereocenters. The van der Waals surface area contributed by atoms with Gasteiger partial charge < -0.3 is 89.3 Å². The summed E-state index contributed by atoms with van der Waals surface area (Å²) in [6.07, 6.45) is -9.33. The van der Waals surface area contributed by atoms with Crippen LogP contribution in [-0.2, 0) is 44.0 Å². The number of fused-ring (bicyclic) bond motifs is 2. The van der Waals surface area contributed by atoms with Gasteiger partial charge in [-0.2, -0.15) is 0 Å². The number of hydrogen-bond acceptors (Lipinski definition) is 21. The molecular weight excluding hydrogens is 1010 g/mol. The van der Waals surface area contributed by atoms with E-state index in [1.54, 1.807) is 13.2 Å². The first-order valence-corrected chi connectivity index (χ1v) is 23.6. The number of aliphatic hydroxyl groups excluding tert-OH is 5. The molecule has 0 saturated carbocycles. The Kier molecular flexibility index (Phi) is 18.6. The standard InChI is InChI=1S/C47H58N10O19/c1-24-15-32-44(66)57(47(69)73-23-25-5-6-33(28(16-25)40(62)50-8-11-71-13-14-74-48)75-46-38(61)36(59)37(60)39(76-46)45(67)68)30-19-35(34(70-3)18-27(30)43(65)56(32)20-24)72-12-9-55-22-29(52-53-55)41(63)51-26-17-31(54(2)21-26)42(64)49-7-4-10-58/h5-6,16-19,21-22,32,36-39,44,46,58-61,66H,1,4,7-15,20,23,48H2,2-3H3,(H,49,64)(H,50,62)(H,51,63)(H,67,68)/t32-,36-,37-,38+,39-,44?,46+/m0/s1. The minimum atomic E-state index is -2.02. The fourth-order valence-corrected chi connectivity index (χ4v) is 8.35. The minimum Gasteiger partial charge on any atom is -0.493 e. The Balaban J connectivity index is 1.08. The highest BCUT2D eigenvalue weighted by molar-refractivity contribution is 6.06. The summed E-state index contributed by atoms with van der Waals surface area (Å²) < 4.78 is 36.6. The smallest absolute Gasteiger partial charge is 0.416 e. The molecule has 11 N–H and O–H groups in total. The number of aliphatic hydroxyl groups is 5. The Hall–Kier alpha value is -7.74. The van der Waals surface area contributed by atoms with Crippen molar-refractivity contribution in [2.24, 2.45) is 12.9 Å². The average Bonchev–Trinajstić information content (AvgIpc) is 4.15. The van der Waals surface area contributed by atoms with Crippen LogP contribution in [0.15, 0.2) is 60.9 Å². The van der Waals surface area contributed by atoms with E-state index >= 15 is 0 Å². The van der Waals surface area contributed by atoms with Gasteiger partial charge in [-0.05, 0) is 42.7 Å². The molecule has 5 heterocycles. The number of anilines is 2. The highest BCUT2D eigenvalue weighted by Gasteiger charge is 2.49. The van der Waals surface area contributed by atoms with Gasteiger partial charge in [-0.3, -0.25) is 19.2 Å². The molecule has 29 heteroatoms. The third kappa shape index (κ3) is 12.8. The average molecular weight is 1070 g/mol. The summed E-state index contributed by atoms with van der Waals surface area (Å²) in [5, 5.41) is 77.6. The molecule has 410 valence electrons. The predicted octanol–water partition coefficient (Wildman–Crippen LogP) is -1.78. The van der Waals surface area contributed by atoms with Crippen LogP contribution in [0.1, 0.15) is 60.1 Å². The SMILES string of the molecule is C=C1C[C@H]2C(O)N(C(=O)OCc3ccc(O[C@@H]4O[C@H](C(=O)O)[C@@H](O)[C@H](O)[C@H]4O)c(C(=O)NCCOCCON)c3)c3cc(OCCn4cc(C(=O)Nc5cc(C(=O)NCCCO)n(C)c5)nn4)c(OC)cc3C(=O)N2C1. The van der Waals surface area contributed by atoms with Gasteiger partial charge in [-0.1, -0.05) is 23.4 Å². The second-order valence-electron chi connectivity index (χ2n) is 17.5. The molecule has 5 amide bonds. The lowest BCUT2D eigenvalue weighted by atomic mass is 9.99. The normalized spacial score (nSPS) is 21.0. The third-order valence-electron chi connectivity index (χ3n) is 12.2. The van der Waals surface area contributed by atoms with Crippen LogP contribution in [0.25, 0.3) is 0 Å². The highest BCUT2D eigenvalue weighted by atomic mass is 16.7. The van der Waals surface area contributed by atoms with Crippen molar-refractivity contribution in [3.63, 3.8) is 0 Å². The van der Waals surface area contributed by atoms with Crippen LogP contribution < -0.4 is 41.0 Å². The molecule has 7 atom stereocenters. The third-order valence-corrected chi connectivity index (χ3v) is 12.2. The number of hydrogen-bond donors (Lipinski definition) is 10. The summed E-state index contributed by atoms with van der Waals surface area (Å²) in [5.41, 5.74) is 0.886. The topological polar surface area (TPSA) is 393 Å². The molecular formula is C47H58N10O19. The number of rotatable bonds is 23. The monoisotopic (exact) mass is 1070 g/mol. The van der Waals surface area contributed by atoms with Gasteiger partial charge >= 0.3 is 12.1 Å². The van der Waals surface area contributed by atoms with Crippen LogP contribution in [0, 0.1) is 0 Å². The van der Waals surface area contributed by atoms with E-state index in [9.17, 15) is 54.3 Å². The number of carbonyl (C=O) groups excluding carboxylic acids is 5. The molecule has 0 radical (unpaired) electrons. The molecule has 3 aliphatic rings. The molecule has 2 saturated heterocycles. The van der Waals surface area contributed by atoms with E-state index in [0.717, 1.165) is 4.90 Å². The van der Waals surface area contributed by atoms with Gasteiger partial charge in [-0.25, -0.2) is 25.1 Å². The Morgan fingerprint density at radius 2 is 1.68 bits per heavy atom. The number of nitrogens with zero attached hydrogens (tertiary/aromatic N) is 6. The number of aromatic nitrogens is 4. The number of aliphatic carboxylic acids is 1. The Bertz CT molecular complexity index is 2790. The zero-order valence-corrected chi connectivity index (χ0v) is 41.1. The number of benzene rings is 2. The quantitative estimate of drug-likeness (QED) is 0.0223. The Morgan fingerprint density at radius 1 is 0.908 bits per heavy atom. The zero-order valence-electron chi connectivity index (χ0n) is 41.1. The van der Waals surface area contributed by atoms with E-state index in [2.05, 4.69) is 37.7 Å². The van der Waals surface area contributed by atoms with Crippen LogP contribution >= 0.6 is 0 Å². The molecule has 7 rings (SSSR count). The molecule has 0 aliphatic carbocycles. The van der Waals surface area contributed by atoms with Gasteiger partial charge in [0.05, 0.1) is 68.2 Å². The summed E-state index contributed by atoms with van der Waals surface area (Å²) >= 11 is 0. The van der Waals surface area contributed by atoms with Crippen molar-refractivity contribution in [3.05, 3.63) is 89.0 Å². The van der Waals surface area contributed by atoms with Crippen LogP contribution in [0.4, 0.5) is 16.2 Å². The van der Waals surface area contributed by atoms with Gasteiger partial charge in [0.25, 0.3) is 23.6 Å². The number of amides is 5. The van der Waals surface area contributed by atoms with Crippen LogP contribution in [-0.4, -0.2) is 194 Å². The summed E-state index contributed by atoms with van der Waals surface area (Å²) in [5.74, 6) is 0.810. The first-order chi connectivity index (χ1) is 36.4. The van der Waals surface area contributed by atoms with Crippen molar-refractivity contribution in [2.75, 3.05) is 70.0 Å². The number of ether oxygens (including phenoxy) is 6. The molecule has 2 fully saturated rings. The molecule has 4 aromatic rings. The fourth-order valence-electron chi connectivity index (χ4n) is 8.35. The summed E-state index contributed by atoms with van der Waals surface area (Å²) in [6.45, 7) is 3.76. The van der Waals surface area contributed by atoms with E-state index in [1.807, 2.05) is 0 Å². The van der Waals surface area contributed by atoms with Crippen molar-refractivity contribution in [2.45, 2.75) is 69.0 Å².